The first-order chi connectivity index (χ1) is 9.28. The van der Waals surface area contributed by atoms with E-state index in [2.05, 4.69) is 44.6 Å². The molecule has 0 fully saturated rings. The first kappa shape index (κ1) is 13.2. The van der Waals surface area contributed by atoms with Crippen LogP contribution in [0.5, 0.6) is 0 Å². The van der Waals surface area contributed by atoms with Crippen LogP contribution in [0.15, 0.2) is 30.7 Å². The van der Waals surface area contributed by atoms with Gasteiger partial charge in [-0.05, 0) is 25.0 Å². The molecule has 0 aliphatic carbocycles. The third-order valence-electron chi connectivity index (χ3n) is 2.74. The van der Waals surface area contributed by atoms with Crippen LogP contribution in [-0.4, -0.2) is 26.2 Å². The van der Waals surface area contributed by atoms with E-state index in [1.54, 1.807) is 12.4 Å². The lowest BCUT2D eigenvalue weighted by molar-refractivity contribution is 0.746. The highest BCUT2D eigenvalue weighted by molar-refractivity contribution is 5.38. The number of nitrogens with zero attached hydrogens (tertiary/aromatic N) is 4. The zero-order valence-electron chi connectivity index (χ0n) is 11.2. The fourth-order valence-corrected chi connectivity index (χ4v) is 1.47. The van der Waals surface area contributed by atoms with Crippen molar-refractivity contribution < 1.29 is 0 Å². The summed E-state index contributed by atoms with van der Waals surface area (Å²) in [6.07, 6.45) is 6.19. The standard InChI is InChI=1S/C13H18N6/c1-3-10(2)17-13-18-12(9-16-19-13)15-8-11-5-4-6-14-7-11/h4-7,9-10H,3,8H2,1-2H3,(H2,15,17,18,19). The normalized spacial score (nSPS) is 11.9. The van der Waals surface area contributed by atoms with Crippen LogP contribution in [0.25, 0.3) is 0 Å². The van der Waals surface area contributed by atoms with Crippen molar-refractivity contribution in [3.05, 3.63) is 36.3 Å². The molecule has 1 atom stereocenters. The van der Waals surface area contributed by atoms with Crippen molar-refractivity contribution in [3.63, 3.8) is 0 Å². The lowest BCUT2D eigenvalue weighted by Crippen LogP contribution is -2.16. The molecule has 0 spiro atoms. The molecule has 0 aliphatic heterocycles. The van der Waals surface area contributed by atoms with E-state index in [9.17, 15) is 0 Å². The number of pyridine rings is 1. The molecule has 2 aromatic rings. The molecule has 2 aromatic heterocycles. The van der Waals surface area contributed by atoms with E-state index in [1.165, 1.54) is 0 Å². The van der Waals surface area contributed by atoms with Gasteiger partial charge < -0.3 is 10.6 Å². The first-order valence-corrected chi connectivity index (χ1v) is 6.37. The maximum Gasteiger partial charge on any atom is 0.244 e. The molecule has 0 amide bonds. The van der Waals surface area contributed by atoms with Gasteiger partial charge in [0.15, 0.2) is 5.82 Å². The van der Waals surface area contributed by atoms with Gasteiger partial charge in [-0.25, -0.2) is 0 Å². The number of rotatable bonds is 6. The van der Waals surface area contributed by atoms with E-state index in [4.69, 9.17) is 0 Å². The van der Waals surface area contributed by atoms with Crippen LogP contribution in [0.1, 0.15) is 25.8 Å². The second kappa shape index (κ2) is 6.63. The summed E-state index contributed by atoms with van der Waals surface area (Å²) in [6.45, 7) is 4.85. The molecular weight excluding hydrogens is 240 g/mol. The monoisotopic (exact) mass is 258 g/mol. The fourth-order valence-electron chi connectivity index (χ4n) is 1.47. The Morgan fingerprint density at radius 3 is 2.95 bits per heavy atom. The minimum atomic E-state index is 0.329. The quantitative estimate of drug-likeness (QED) is 0.826. The Balaban J connectivity index is 1.95. The Labute approximate surface area is 112 Å². The summed E-state index contributed by atoms with van der Waals surface area (Å²) in [5.41, 5.74) is 1.09. The second-order valence-corrected chi connectivity index (χ2v) is 4.33. The number of nitrogens with one attached hydrogen (secondary N) is 2. The summed E-state index contributed by atoms with van der Waals surface area (Å²) in [5.74, 6) is 1.25. The minimum absolute atomic E-state index is 0.329. The summed E-state index contributed by atoms with van der Waals surface area (Å²) in [4.78, 5) is 8.42. The lowest BCUT2D eigenvalue weighted by atomic mass is 10.3. The van der Waals surface area contributed by atoms with E-state index >= 15 is 0 Å². The van der Waals surface area contributed by atoms with Crippen LogP contribution >= 0.6 is 0 Å². The van der Waals surface area contributed by atoms with Gasteiger partial charge in [0.25, 0.3) is 0 Å². The van der Waals surface area contributed by atoms with Gasteiger partial charge in [-0.15, -0.1) is 5.10 Å². The lowest BCUT2D eigenvalue weighted by Gasteiger charge is -2.11. The van der Waals surface area contributed by atoms with Crippen molar-refractivity contribution in [2.75, 3.05) is 10.6 Å². The predicted octanol–water partition coefficient (Wildman–Crippen LogP) is 2.09. The Morgan fingerprint density at radius 2 is 2.21 bits per heavy atom. The van der Waals surface area contributed by atoms with E-state index in [0.29, 0.717) is 24.4 Å². The maximum absolute atomic E-state index is 4.36. The van der Waals surface area contributed by atoms with E-state index < -0.39 is 0 Å². The van der Waals surface area contributed by atoms with Crippen molar-refractivity contribution in [2.45, 2.75) is 32.9 Å². The fraction of sp³-hybridized carbons (Fsp3) is 0.385. The van der Waals surface area contributed by atoms with Crippen LogP contribution in [0.2, 0.25) is 0 Å². The van der Waals surface area contributed by atoms with Gasteiger partial charge in [0.2, 0.25) is 5.95 Å². The summed E-state index contributed by atoms with van der Waals surface area (Å²) in [7, 11) is 0. The molecule has 0 aliphatic rings. The second-order valence-electron chi connectivity index (χ2n) is 4.33. The molecular formula is C13H18N6. The van der Waals surface area contributed by atoms with Gasteiger partial charge in [0.05, 0.1) is 6.20 Å². The number of hydrogen-bond donors (Lipinski definition) is 2. The molecule has 2 N–H and O–H groups in total. The number of anilines is 2. The highest BCUT2D eigenvalue weighted by atomic mass is 15.3. The number of hydrogen-bond acceptors (Lipinski definition) is 6. The molecule has 2 rings (SSSR count). The molecule has 6 heteroatoms. The molecule has 0 saturated heterocycles. The van der Waals surface area contributed by atoms with Gasteiger partial charge in [0.1, 0.15) is 0 Å². The van der Waals surface area contributed by atoms with Crippen LogP contribution in [0.3, 0.4) is 0 Å². The highest BCUT2D eigenvalue weighted by Crippen LogP contribution is 2.07. The van der Waals surface area contributed by atoms with Crippen molar-refractivity contribution in [1.29, 1.82) is 0 Å². The van der Waals surface area contributed by atoms with Gasteiger partial charge in [0, 0.05) is 25.0 Å². The molecule has 19 heavy (non-hydrogen) atoms. The van der Waals surface area contributed by atoms with Crippen molar-refractivity contribution in [3.8, 4) is 0 Å². The first-order valence-electron chi connectivity index (χ1n) is 6.37. The summed E-state index contributed by atoms with van der Waals surface area (Å²) in [6, 6.07) is 4.24. The molecule has 1 unspecified atom stereocenters. The SMILES string of the molecule is CCC(C)Nc1nncc(NCc2cccnc2)n1. The van der Waals surface area contributed by atoms with Crippen LogP contribution in [0, 0.1) is 0 Å². The van der Waals surface area contributed by atoms with E-state index in [-0.39, 0.29) is 0 Å². The zero-order chi connectivity index (χ0) is 13.5. The third kappa shape index (κ3) is 4.17. The van der Waals surface area contributed by atoms with Crippen LogP contribution in [-0.2, 0) is 6.54 Å². The van der Waals surface area contributed by atoms with Gasteiger partial charge in [-0.1, -0.05) is 13.0 Å². The smallest absolute Gasteiger partial charge is 0.244 e. The highest BCUT2D eigenvalue weighted by Gasteiger charge is 2.03. The number of aromatic nitrogens is 4. The molecule has 6 nitrogen and oxygen atoms in total. The molecule has 0 bridgehead atoms. The summed E-state index contributed by atoms with van der Waals surface area (Å²) >= 11 is 0. The largest absolute Gasteiger partial charge is 0.364 e. The van der Waals surface area contributed by atoms with Crippen molar-refractivity contribution in [2.24, 2.45) is 0 Å². The van der Waals surface area contributed by atoms with Crippen molar-refractivity contribution in [1.82, 2.24) is 20.2 Å². The molecule has 2 heterocycles. The Morgan fingerprint density at radius 1 is 1.32 bits per heavy atom. The van der Waals surface area contributed by atoms with E-state index in [1.807, 2.05) is 18.3 Å². The van der Waals surface area contributed by atoms with Crippen LogP contribution in [0.4, 0.5) is 11.8 Å². The average molecular weight is 258 g/mol. The zero-order valence-corrected chi connectivity index (χ0v) is 11.2. The van der Waals surface area contributed by atoms with Gasteiger partial charge in [-0.2, -0.15) is 10.1 Å². The third-order valence-corrected chi connectivity index (χ3v) is 2.74. The topological polar surface area (TPSA) is 75.6 Å². The van der Waals surface area contributed by atoms with Gasteiger partial charge in [-0.3, -0.25) is 4.98 Å². The Kier molecular flexibility index (Phi) is 4.60. The Hall–Kier alpha value is -2.24. The summed E-state index contributed by atoms with van der Waals surface area (Å²) in [5, 5.41) is 14.3. The molecule has 0 saturated carbocycles. The van der Waals surface area contributed by atoms with Crippen molar-refractivity contribution >= 4 is 11.8 Å². The molecule has 100 valence electrons. The van der Waals surface area contributed by atoms with Gasteiger partial charge >= 0.3 is 0 Å². The summed E-state index contributed by atoms with van der Waals surface area (Å²) < 4.78 is 0. The van der Waals surface area contributed by atoms with E-state index in [0.717, 1.165) is 12.0 Å². The van der Waals surface area contributed by atoms with Crippen LogP contribution < -0.4 is 10.6 Å². The molecule has 0 radical (unpaired) electrons. The molecule has 0 aromatic carbocycles. The maximum atomic E-state index is 4.36. The Bertz CT molecular complexity index is 501. The predicted molar refractivity (Wildman–Crippen MR) is 74.8 cm³/mol. The average Bonchev–Trinajstić information content (AvgIpc) is 2.46. The minimum Gasteiger partial charge on any atom is -0.364 e.